The Bertz CT molecular complexity index is 2830. The van der Waals surface area contributed by atoms with Crippen LogP contribution in [0.15, 0.2) is 164 Å². The number of fused-ring (bicyclic) bond motifs is 8. The molecule has 0 saturated heterocycles. The molecule has 48 heavy (non-hydrogen) atoms. The van der Waals surface area contributed by atoms with Gasteiger partial charge in [-0.05, 0) is 35.0 Å². The first kappa shape index (κ1) is 27.1. The molecule has 10 aromatic rings. The van der Waals surface area contributed by atoms with E-state index in [2.05, 4.69) is 162 Å². The molecule has 7 aromatic carbocycles. The molecule has 0 amide bonds. The Balaban J connectivity index is 1.27. The van der Waals surface area contributed by atoms with Crippen molar-refractivity contribution in [1.82, 2.24) is 14.5 Å². The number of aromatic nitrogens is 3. The van der Waals surface area contributed by atoms with Gasteiger partial charge in [0.1, 0.15) is 0 Å². The highest BCUT2D eigenvalue weighted by Crippen LogP contribution is 2.46. The molecule has 0 aliphatic carbocycles. The first-order chi connectivity index (χ1) is 23.8. The van der Waals surface area contributed by atoms with E-state index in [-0.39, 0.29) is 0 Å². The average molecular weight is 630 g/mol. The van der Waals surface area contributed by atoms with Crippen molar-refractivity contribution in [3.8, 4) is 39.6 Å². The SMILES string of the molecule is c1ccc(-c2cc(-c3cccc4c3sc3c4ccc4c5ccccc5n(-c5ccccc5)c43)nc(-c3cccc4ccccc34)n2)cc1. The van der Waals surface area contributed by atoms with Crippen LogP contribution >= 0.6 is 11.3 Å². The van der Waals surface area contributed by atoms with Gasteiger partial charge in [0.25, 0.3) is 0 Å². The fourth-order valence-electron chi connectivity index (χ4n) is 7.23. The summed E-state index contributed by atoms with van der Waals surface area (Å²) in [5.74, 6) is 0.730. The molecular weight excluding hydrogens is 603 g/mol. The molecular formula is C44H27N3S. The van der Waals surface area contributed by atoms with Crippen molar-refractivity contribution in [2.24, 2.45) is 0 Å². The van der Waals surface area contributed by atoms with Crippen LogP contribution in [0.4, 0.5) is 0 Å². The molecule has 3 aromatic heterocycles. The Labute approximate surface area is 281 Å². The zero-order chi connectivity index (χ0) is 31.6. The van der Waals surface area contributed by atoms with Gasteiger partial charge < -0.3 is 4.57 Å². The van der Waals surface area contributed by atoms with Crippen LogP contribution in [-0.4, -0.2) is 14.5 Å². The first-order valence-electron chi connectivity index (χ1n) is 16.2. The van der Waals surface area contributed by atoms with E-state index in [1.54, 1.807) is 0 Å². The van der Waals surface area contributed by atoms with E-state index in [1.807, 2.05) is 17.4 Å². The maximum atomic E-state index is 5.32. The van der Waals surface area contributed by atoms with E-state index >= 15 is 0 Å². The van der Waals surface area contributed by atoms with Crippen molar-refractivity contribution in [2.45, 2.75) is 0 Å². The molecule has 10 rings (SSSR count). The van der Waals surface area contributed by atoms with Gasteiger partial charge in [0.2, 0.25) is 0 Å². The Morgan fingerprint density at radius 3 is 1.94 bits per heavy atom. The third kappa shape index (κ3) is 4.13. The average Bonchev–Trinajstić information content (AvgIpc) is 3.71. The number of benzene rings is 7. The number of hydrogen-bond donors (Lipinski definition) is 0. The number of nitrogens with zero attached hydrogens (tertiary/aromatic N) is 3. The van der Waals surface area contributed by atoms with Crippen LogP contribution in [0.2, 0.25) is 0 Å². The molecule has 0 aliphatic rings. The molecule has 0 spiro atoms. The summed E-state index contributed by atoms with van der Waals surface area (Å²) in [5.41, 5.74) is 8.67. The fourth-order valence-corrected chi connectivity index (χ4v) is 8.59. The second-order valence-electron chi connectivity index (χ2n) is 12.2. The minimum absolute atomic E-state index is 0.730. The van der Waals surface area contributed by atoms with E-state index in [1.165, 1.54) is 47.4 Å². The minimum Gasteiger partial charge on any atom is -0.308 e. The van der Waals surface area contributed by atoms with Gasteiger partial charge in [0.05, 0.1) is 27.1 Å². The molecule has 0 radical (unpaired) electrons. The van der Waals surface area contributed by atoms with Crippen LogP contribution < -0.4 is 0 Å². The quantitative estimate of drug-likeness (QED) is 0.194. The van der Waals surface area contributed by atoms with Crippen LogP contribution in [0.25, 0.3) is 92.3 Å². The molecule has 0 unspecified atom stereocenters. The second-order valence-corrected chi connectivity index (χ2v) is 13.2. The summed E-state index contributed by atoms with van der Waals surface area (Å²) in [6.45, 7) is 0. The predicted octanol–water partition coefficient (Wildman–Crippen LogP) is 12.1. The van der Waals surface area contributed by atoms with Crippen LogP contribution in [0.3, 0.4) is 0 Å². The summed E-state index contributed by atoms with van der Waals surface area (Å²) >= 11 is 1.86. The van der Waals surface area contributed by atoms with Crippen LogP contribution in [0.5, 0.6) is 0 Å². The standard InChI is InChI=1S/C44H27N3S/c1-3-14-29(15-4-1)38-27-39(46-44(45-38)36-22-11-16-28-13-7-8-19-31(28)36)37-23-12-21-34-35-26-25-33-32-20-9-10-24-40(32)47(30-17-5-2-6-18-30)41(33)43(35)48-42(34)37/h1-27H. The zero-order valence-electron chi connectivity index (χ0n) is 25.8. The molecule has 0 bridgehead atoms. The van der Waals surface area contributed by atoms with Crippen molar-refractivity contribution in [2.75, 3.05) is 0 Å². The maximum Gasteiger partial charge on any atom is 0.161 e. The van der Waals surface area contributed by atoms with E-state index in [9.17, 15) is 0 Å². The smallest absolute Gasteiger partial charge is 0.161 e. The summed E-state index contributed by atoms with van der Waals surface area (Å²) in [5, 5.41) is 7.35. The molecule has 0 N–H and O–H groups in total. The zero-order valence-corrected chi connectivity index (χ0v) is 26.7. The van der Waals surface area contributed by atoms with Gasteiger partial charge in [-0.2, -0.15) is 0 Å². The number of thiophene rings is 1. The van der Waals surface area contributed by atoms with Crippen molar-refractivity contribution < 1.29 is 0 Å². The molecule has 3 nitrogen and oxygen atoms in total. The summed E-state index contributed by atoms with van der Waals surface area (Å²) < 4.78 is 4.94. The molecule has 4 heteroatoms. The lowest BCUT2D eigenvalue weighted by Crippen LogP contribution is -1.96. The number of para-hydroxylation sites is 2. The highest BCUT2D eigenvalue weighted by Gasteiger charge is 2.20. The summed E-state index contributed by atoms with van der Waals surface area (Å²) in [6, 6.07) is 58.1. The predicted molar refractivity (Wildman–Crippen MR) is 203 cm³/mol. The van der Waals surface area contributed by atoms with Crippen LogP contribution in [0, 0.1) is 0 Å². The Morgan fingerprint density at radius 2 is 1.06 bits per heavy atom. The molecule has 0 aliphatic heterocycles. The summed E-state index contributed by atoms with van der Waals surface area (Å²) in [7, 11) is 0. The van der Waals surface area contributed by atoms with Crippen LogP contribution in [-0.2, 0) is 0 Å². The van der Waals surface area contributed by atoms with Gasteiger partial charge in [0, 0.05) is 48.6 Å². The molecule has 0 saturated carbocycles. The van der Waals surface area contributed by atoms with Crippen molar-refractivity contribution in [1.29, 1.82) is 0 Å². The van der Waals surface area contributed by atoms with E-state index in [0.29, 0.717) is 0 Å². The Hall–Kier alpha value is -6.10. The molecule has 0 fully saturated rings. The van der Waals surface area contributed by atoms with Gasteiger partial charge in [0.15, 0.2) is 5.82 Å². The lowest BCUT2D eigenvalue weighted by atomic mass is 10.0. The van der Waals surface area contributed by atoms with E-state index in [4.69, 9.17) is 9.97 Å². The topological polar surface area (TPSA) is 30.7 Å². The largest absolute Gasteiger partial charge is 0.308 e. The highest BCUT2D eigenvalue weighted by molar-refractivity contribution is 7.27. The van der Waals surface area contributed by atoms with Gasteiger partial charge in [-0.1, -0.05) is 140 Å². The van der Waals surface area contributed by atoms with Crippen molar-refractivity contribution in [3.05, 3.63) is 164 Å². The normalized spacial score (nSPS) is 11.8. The maximum absolute atomic E-state index is 5.32. The summed E-state index contributed by atoms with van der Waals surface area (Å²) in [4.78, 5) is 10.5. The lowest BCUT2D eigenvalue weighted by molar-refractivity contribution is 1.19. The second kappa shape index (κ2) is 10.7. The van der Waals surface area contributed by atoms with Crippen molar-refractivity contribution >= 4 is 64.1 Å². The van der Waals surface area contributed by atoms with Gasteiger partial charge in [-0.3, -0.25) is 0 Å². The fraction of sp³-hybridized carbons (Fsp3) is 0. The molecule has 0 atom stereocenters. The molecule has 224 valence electrons. The van der Waals surface area contributed by atoms with E-state index < -0.39 is 0 Å². The van der Waals surface area contributed by atoms with Crippen molar-refractivity contribution in [3.63, 3.8) is 0 Å². The van der Waals surface area contributed by atoms with E-state index in [0.717, 1.165) is 45.0 Å². The van der Waals surface area contributed by atoms with Gasteiger partial charge in [-0.25, -0.2) is 9.97 Å². The van der Waals surface area contributed by atoms with Gasteiger partial charge in [-0.15, -0.1) is 11.3 Å². The minimum atomic E-state index is 0.730. The number of rotatable bonds is 4. The number of hydrogen-bond acceptors (Lipinski definition) is 3. The third-order valence-electron chi connectivity index (χ3n) is 9.42. The highest BCUT2D eigenvalue weighted by atomic mass is 32.1. The third-order valence-corrected chi connectivity index (χ3v) is 10.7. The first-order valence-corrected chi connectivity index (χ1v) is 17.0. The van der Waals surface area contributed by atoms with Crippen LogP contribution in [0.1, 0.15) is 0 Å². The summed E-state index contributed by atoms with van der Waals surface area (Å²) in [6.07, 6.45) is 0. The monoisotopic (exact) mass is 629 g/mol. The Morgan fingerprint density at radius 1 is 0.438 bits per heavy atom. The molecule has 3 heterocycles. The lowest BCUT2D eigenvalue weighted by Gasteiger charge is -2.11. The Kier molecular flexibility index (Phi) is 6.05. The van der Waals surface area contributed by atoms with Gasteiger partial charge >= 0.3 is 0 Å².